The highest BCUT2D eigenvalue weighted by Gasteiger charge is 2.27. The van der Waals surface area contributed by atoms with Crippen molar-refractivity contribution in [3.8, 4) is 0 Å². The normalized spacial score (nSPS) is 10.9. The molecule has 0 radical (unpaired) electrons. The minimum absolute atomic E-state index is 0.943. The molecule has 0 saturated heterocycles. The van der Waals surface area contributed by atoms with Crippen molar-refractivity contribution < 1.29 is 0 Å². The van der Waals surface area contributed by atoms with E-state index in [4.69, 9.17) is 0 Å². The lowest BCUT2D eigenvalue weighted by molar-refractivity contribution is 1.21. The fourth-order valence-corrected chi connectivity index (χ4v) is 13.0. The Morgan fingerprint density at radius 3 is 0.309 bits per heavy atom. The number of anilines is 21. The number of hydrogen-bond donors (Lipinski definition) is 0. The first kappa shape index (κ1) is 60.2. The maximum absolute atomic E-state index is 2.40. The zero-order valence-electron chi connectivity index (χ0n) is 53.5. The quantitative estimate of drug-likeness (QED) is 0.0706. The molecule has 0 N–H and O–H groups in total. The Labute approximate surface area is 569 Å². The highest BCUT2D eigenvalue weighted by atomic mass is 15.2. The monoisotopic (exact) mass is 1250 g/mol. The van der Waals surface area contributed by atoms with E-state index in [-0.39, 0.29) is 0 Å². The predicted octanol–water partition coefficient (Wildman–Crippen LogP) is 26.0. The van der Waals surface area contributed by atoms with E-state index in [2.05, 4.69) is 453 Å². The molecule has 97 heavy (non-hydrogen) atoms. The maximum atomic E-state index is 2.40. The van der Waals surface area contributed by atoms with Crippen LogP contribution in [0.15, 0.2) is 419 Å². The second-order valence-electron chi connectivity index (χ2n) is 23.5. The molecule has 0 bridgehead atoms. The van der Waals surface area contributed by atoms with Gasteiger partial charge in [0, 0.05) is 85.3 Å². The number of hydrogen-bond acceptors (Lipinski definition) is 7. The van der Waals surface area contributed by atoms with Crippen LogP contribution in [0, 0.1) is 0 Å². The summed E-state index contributed by atoms with van der Waals surface area (Å²) in [4.78, 5) is 16.6. The second kappa shape index (κ2) is 28.4. The van der Waals surface area contributed by atoms with Crippen LogP contribution in [0.2, 0.25) is 0 Å². The number of benzene rings is 15. The third-order valence-electron chi connectivity index (χ3n) is 17.2. The highest BCUT2D eigenvalue weighted by molar-refractivity contribution is 5.94. The van der Waals surface area contributed by atoms with Crippen molar-refractivity contribution in [1.82, 2.24) is 0 Å². The van der Waals surface area contributed by atoms with E-state index in [1.807, 2.05) is 0 Å². The van der Waals surface area contributed by atoms with Crippen LogP contribution in [-0.2, 0) is 0 Å². The van der Waals surface area contributed by atoms with Crippen LogP contribution >= 0.6 is 0 Å². The summed E-state index contributed by atoms with van der Waals surface area (Å²) in [5.74, 6) is 0. The first-order valence-electron chi connectivity index (χ1n) is 32.8. The van der Waals surface area contributed by atoms with Gasteiger partial charge in [-0.1, -0.05) is 212 Å². The molecule has 7 nitrogen and oxygen atoms in total. The summed E-state index contributed by atoms with van der Waals surface area (Å²) in [6, 6.07) is 149. The lowest BCUT2D eigenvalue weighted by atomic mass is 10.1. The molecule has 15 aromatic rings. The van der Waals surface area contributed by atoms with Gasteiger partial charge < -0.3 is 34.3 Å². The Kier molecular flexibility index (Phi) is 17.6. The number of rotatable bonds is 21. The number of nitrogens with zero attached hydrogens (tertiary/aromatic N) is 7. The first-order valence-corrected chi connectivity index (χ1v) is 32.8. The zero-order chi connectivity index (χ0) is 65.0. The molecule has 0 atom stereocenters. The molecule has 0 aliphatic carbocycles. The molecule has 0 aromatic heterocycles. The van der Waals surface area contributed by atoms with Crippen LogP contribution in [-0.4, -0.2) is 0 Å². The molecule has 7 heteroatoms. The standard InChI is InChI=1S/C90H69N7/c1-12-36-70(37-13-1)91(71-38-14-2-15-39-71)81-58-34-59-82(62-81)95(78-52-28-9-29-53-78)89-67-87(94(76-48-24-7-25-49-76)77-50-26-8-27-51-77)68-90(69-89)97(80-56-32-11-33-57-80)84-61-35-60-83(63-84)96(79-54-30-10-31-55-79)88-65-85(92(72-40-16-3-17-41-72)73-42-18-4-19-43-73)64-86(66-88)93(74-44-20-5-21-45-74)75-46-22-6-23-47-75/h1-69H. The summed E-state index contributed by atoms with van der Waals surface area (Å²) < 4.78 is 0. The predicted molar refractivity (Wildman–Crippen MR) is 409 cm³/mol. The van der Waals surface area contributed by atoms with Crippen LogP contribution in [0.5, 0.6) is 0 Å². The van der Waals surface area contributed by atoms with E-state index in [9.17, 15) is 0 Å². The van der Waals surface area contributed by atoms with E-state index in [1.54, 1.807) is 0 Å². The summed E-state index contributed by atoms with van der Waals surface area (Å²) >= 11 is 0. The maximum Gasteiger partial charge on any atom is 0.0503 e. The molecular weight excluding hydrogens is 1180 g/mol. The van der Waals surface area contributed by atoms with Gasteiger partial charge >= 0.3 is 0 Å². The van der Waals surface area contributed by atoms with Crippen LogP contribution < -0.4 is 34.3 Å². The average molecular weight is 1250 g/mol. The summed E-state index contributed by atoms with van der Waals surface area (Å²) in [7, 11) is 0. The lowest BCUT2D eigenvalue weighted by Gasteiger charge is -2.34. The Bertz CT molecular complexity index is 4730. The van der Waals surface area contributed by atoms with Gasteiger partial charge in [-0.15, -0.1) is 0 Å². The molecule has 464 valence electrons. The van der Waals surface area contributed by atoms with Gasteiger partial charge in [0.2, 0.25) is 0 Å². The van der Waals surface area contributed by atoms with Crippen LogP contribution in [0.4, 0.5) is 119 Å². The van der Waals surface area contributed by atoms with E-state index < -0.39 is 0 Å². The lowest BCUT2D eigenvalue weighted by Crippen LogP contribution is -2.17. The van der Waals surface area contributed by atoms with Gasteiger partial charge in [-0.2, -0.15) is 0 Å². The Morgan fingerprint density at radius 2 is 0.175 bits per heavy atom. The molecule has 15 aromatic carbocycles. The van der Waals surface area contributed by atoms with E-state index in [1.165, 1.54) is 0 Å². The molecule has 0 aliphatic rings. The fraction of sp³-hybridized carbons (Fsp3) is 0. The van der Waals surface area contributed by atoms with Crippen molar-refractivity contribution in [2.45, 2.75) is 0 Å². The Balaban J connectivity index is 0.960. The van der Waals surface area contributed by atoms with Gasteiger partial charge in [0.15, 0.2) is 0 Å². The Hall–Kier alpha value is -13.1. The molecule has 15 rings (SSSR count). The molecule has 0 amide bonds. The summed E-state index contributed by atoms with van der Waals surface area (Å²) in [6.07, 6.45) is 0. The van der Waals surface area contributed by atoms with E-state index in [0.717, 1.165) is 119 Å². The first-order chi connectivity index (χ1) is 48.1. The molecule has 0 unspecified atom stereocenters. The molecule has 0 spiro atoms. The van der Waals surface area contributed by atoms with Gasteiger partial charge in [-0.25, -0.2) is 0 Å². The fourth-order valence-electron chi connectivity index (χ4n) is 13.0. The van der Waals surface area contributed by atoms with Gasteiger partial charge in [0.1, 0.15) is 0 Å². The minimum Gasteiger partial charge on any atom is -0.310 e. The van der Waals surface area contributed by atoms with Crippen molar-refractivity contribution >= 4 is 119 Å². The van der Waals surface area contributed by atoms with Gasteiger partial charge in [-0.05, 0) is 206 Å². The van der Waals surface area contributed by atoms with Crippen molar-refractivity contribution in [3.05, 3.63) is 419 Å². The summed E-state index contributed by atoms with van der Waals surface area (Å²) in [5.41, 5.74) is 21.0. The highest BCUT2D eigenvalue weighted by Crippen LogP contribution is 2.50. The Morgan fingerprint density at radius 1 is 0.0825 bits per heavy atom. The van der Waals surface area contributed by atoms with Crippen molar-refractivity contribution in [3.63, 3.8) is 0 Å². The van der Waals surface area contributed by atoms with Crippen LogP contribution in [0.3, 0.4) is 0 Å². The minimum atomic E-state index is 0.943. The third-order valence-corrected chi connectivity index (χ3v) is 17.2. The van der Waals surface area contributed by atoms with Gasteiger partial charge in [-0.3, -0.25) is 0 Å². The second-order valence-corrected chi connectivity index (χ2v) is 23.5. The third kappa shape index (κ3) is 13.2. The molecule has 0 heterocycles. The van der Waals surface area contributed by atoms with Crippen molar-refractivity contribution in [2.24, 2.45) is 0 Å². The topological polar surface area (TPSA) is 22.7 Å². The van der Waals surface area contributed by atoms with Crippen molar-refractivity contribution in [2.75, 3.05) is 34.3 Å². The molecule has 0 fully saturated rings. The smallest absolute Gasteiger partial charge is 0.0503 e. The van der Waals surface area contributed by atoms with Crippen molar-refractivity contribution in [1.29, 1.82) is 0 Å². The average Bonchev–Trinajstić information content (AvgIpc) is 0.818. The summed E-state index contributed by atoms with van der Waals surface area (Å²) in [6.45, 7) is 0. The molecular formula is C90H69N7. The zero-order valence-corrected chi connectivity index (χ0v) is 53.5. The summed E-state index contributed by atoms with van der Waals surface area (Å²) in [5, 5.41) is 0. The SMILES string of the molecule is c1ccc(N(c2ccccc2)c2cccc(N(c3ccccc3)c3cc(N(c4ccccc4)c4ccccc4)cc(N(c4ccccc4)c4cccc(N(c5ccccc5)c5cc(N(c6ccccc6)c6ccccc6)cc(N(c6ccccc6)c6ccccc6)c5)c4)c3)c2)cc1. The van der Waals surface area contributed by atoms with Gasteiger partial charge in [0.25, 0.3) is 0 Å². The largest absolute Gasteiger partial charge is 0.310 e. The number of para-hydroxylation sites is 11. The molecule has 0 saturated carbocycles. The van der Waals surface area contributed by atoms with Crippen LogP contribution in [0.1, 0.15) is 0 Å². The molecule has 0 aliphatic heterocycles. The van der Waals surface area contributed by atoms with E-state index >= 15 is 0 Å². The van der Waals surface area contributed by atoms with Crippen LogP contribution in [0.25, 0.3) is 0 Å². The van der Waals surface area contributed by atoms with Gasteiger partial charge in [0.05, 0.1) is 34.1 Å². The van der Waals surface area contributed by atoms with E-state index in [0.29, 0.717) is 0 Å².